The summed E-state index contributed by atoms with van der Waals surface area (Å²) in [6.45, 7) is 5.25. The molecule has 7 heteroatoms. The van der Waals surface area contributed by atoms with Crippen LogP contribution in [-0.4, -0.2) is 78.8 Å². The molecule has 0 spiro atoms. The van der Waals surface area contributed by atoms with Gasteiger partial charge in [-0.15, -0.1) is 0 Å². The molecule has 1 atom stereocenters. The highest BCUT2D eigenvalue weighted by Gasteiger charge is 2.39. The molecule has 7 nitrogen and oxygen atoms in total. The second kappa shape index (κ2) is 7.21. The number of nitrogens with one attached hydrogen (secondary N) is 1. The van der Waals surface area contributed by atoms with E-state index in [1.165, 1.54) is 0 Å². The summed E-state index contributed by atoms with van der Waals surface area (Å²) in [5.41, 5.74) is 1.53. The number of aromatic nitrogens is 2. The molecule has 124 valence electrons. The summed E-state index contributed by atoms with van der Waals surface area (Å²) in [7, 11) is 5.16. The van der Waals surface area contributed by atoms with Gasteiger partial charge in [0, 0.05) is 46.5 Å². The summed E-state index contributed by atoms with van der Waals surface area (Å²) in [6, 6.07) is 0. The second-order valence-corrected chi connectivity index (χ2v) is 6.11. The van der Waals surface area contributed by atoms with E-state index in [1.54, 1.807) is 32.4 Å². The first-order valence-electron chi connectivity index (χ1n) is 7.50. The molecule has 2 heterocycles. The van der Waals surface area contributed by atoms with Crippen molar-refractivity contribution in [2.24, 2.45) is 0 Å². The highest BCUT2D eigenvalue weighted by Crippen LogP contribution is 2.24. The van der Waals surface area contributed by atoms with Crippen molar-refractivity contribution in [3.05, 3.63) is 17.7 Å². The molecule has 1 aliphatic rings. The molecule has 1 aromatic heterocycles. The van der Waals surface area contributed by atoms with Crippen molar-refractivity contribution in [3.63, 3.8) is 0 Å². The van der Waals surface area contributed by atoms with E-state index in [4.69, 9.17) is 9.47 Å². The molecule has 0 aromatic carbocycles. The molecular weight excluding hydrogens is 284 g/mol. The van der Waals surface area contributed by atoms with E-state index in [0.717, 1.165) is 24.5 Å². The molecule has 1 aliphatic heterocycles. The Bertz CT molecular complexity index is 499. The number of nitrogens with zero attached hydrogens (tertiary/aromatic N) is 3. The van der Waals surface area contributed by atoms with E-state index in [2.05, 4.69) is 14.9 Å². The SMILES string of the molecule is COC[C@@]1(CC(=O)N(C)C)CN(Cc2nc[nH]c2C)CCO1. The van der Waals surface area contributed by atoms with Gasteiger partial charge in [0.05, 0.1) is 31.7 Å². The monoisotopic (exact) mass is 310 g/mol. The van der Waals surface area contributed by atoms with E-state index in [9.17, 15) is 4.79 Å². The number of carbonyl (C=O) groups excluding carboxylic acids is 1. The maximum Gasteiger partial charge on any atom is 0.225 e. The van der Waals surface area contributed by atoms with Gasteiger partial charge in [0.1, 0.15) is 5.60 Å². The average Bonchev–Trinajstić information content (AvgIpc) is 2.84. The van der Waals surface area contributed by atoms with Crippen LogP contribution in [0.4, 0.5) is 0 Å². The Labute approximate surface area is 131 Å². The van der Waals surface area contributed by atoms with Gasteiger partial charge in [-0.3, -0.25) is 9.69 Å². The fourth-order valence-corrected chi connectivity index (χ4v) is 2.76. The number of hydrogen-bond donors (Lipinski definition) is 1. The predicted molar refractivity (Wildman–Crippen MR) is 82.5 cm³/mol. The van der Waals surface area contributed by atoms with Crippen molar-refractivity contribution < 1.29 is 14.3 Å². The van der Waals surface area contributed by atoms with Crippen LogP contribution in [0.5, 0.6) is 0 Å². The zero-order valence-electron chi connectivity index (χ0n) is 13.9. The molecule has 1 N–H and O–H groups in total. The number of imidazole rings is 1. The highest BCUT2D eigenvalue weighted by atomic mass is 16.5. The third-order valence-electron chi connectivity index (χ3n) is 4.01. The Morgan fingerprint density at radius 1 is 1.59 bits per heavy atom. The standard InChI is InChI=1S/C15H26N4O3/c1-12-13(17-11-16-12)8-19-5-6-22-15(9-19,10-21-4)7-14(20)18(2)3/h11H,5-10H2,1-4H3,(H,16,17)/t15-/m1/s1. The Morgan fingerprint density at radius 2 is 2.36 bits per heavy atom. The third kappa shape index (κ3) is 4.06. The number of H-pyrrole nitrogens is 1. The van der Waals surface area contributed by atoms with E-state index in [1.807, 2.05) is 6.92 Å². The van der Waals surface area contributed by atoms with Gasteiger partial charge in [-0.2, -0.15) is 0 Å². The predicted octanol–water partition coefficient (Wildman–Crippen LogP) is 0.414. The molecule has 1 amide bonds. The third-order valence-corrected chi connectivity index (χ3v) is 4.01. The molecule has 0 saturated carbocycles. The van der Waals surface area contributed by atoms with Gasteiger partial charge in [-0.1, -0.05) is 0 Å². The minimum Gasteiger partial charge on any atom is -0.382 e. The molecule has 0 unspecified atom stereocenters. The first kappa shape index (κ1) is 16.9. The number of morpholine rings is 1. The van der Waals surface area contributed by atoms with Crippen LogP contribution in [0.3, 0.4) is 0 Å². The van der Waals surface area contributed by atoms with Crippen molar-refractivity contribution in [1.29, 1.82) is 0 Å². The minimum absolute atomic E-state index is 0.0508. The van der Waals surface area contributed by atoms with Crippen LogP contribution in [0.2, 0.25) is 0 Å². The number of methoxy groups -OCH3 is 1. The molecular formula is C15H26N4O3. The first-order chi connectivity index (χ1) is 10.5. The van der Waals surface area contributed by atoms with Crippen molar-refractivity contribution in [2.45, 2.75) is 25.5 Å². The Balaban J connectivity index is 2.06. The number of amides is 1. The van der Waals surface area contributed by atoms with Gasteiger partial charge in [0.15, 0.2) is 0 Å². The van der Waals surface area contributed by atoms with Crippen LogP contribution in [0.1, 0.15) is 17.8 Å². The number of ether oxygens (including phenoxy) is 2. The zero-order chi connectivity index (χ0) is 16.2. The number of aromatic amines is 1. The quantitative estimate of drug-likeness (QED) is 0.824. The van der Waals surface area contributed by atoms with Gasteiger partial charge >= 0.3 is 0 Å². The minimum atomic E-state index is -0.585. The summed E-state index contributed by atoms with van der Waals surface area (Å²) >= 11 is 0. The fourth-order valence-electron chi connectivity index (χ4n) is 2.76. The van der Waals surface area contributed by atoms with Crippen LogP contribution in [0.25, 0.3) is 0 Å². The van der Waals surface area contributed by atoms with E-state index >= 15 is 0 Å². The molecule has 1 aromatic rings. The van der Waals surface area contributed by atoms with E-state index in [0.29, 0.717) is 26.2 Å². The number of aryl methyl sites for hydroxylation is 1. The molecule has 0 aliphatic carbocycles. The fraction of sp³-hybridized carbons (Fsp3) is 0.733. The van der Waals surface area contributed by atoms with Crippen LogP contribution in [-0.2, 0) is 20.8 Å². The molecule has 0 bridgehead atoms. The molecule has 1 fully saturated rings. The average molecular weight is 310 g/mol. The van der Waals surface area contributed by atoms with Gasteiger partial charge in [0.25, 0.3) is 0 Å². The van der Waals surface area contributed by atoms with Crippen LogP contribution in [0, 0.1) is 6.92 Å². The first-order valence-corrected chi connectivity index (χ1v) is 7.50. The zero-order valence-corrected chi connectivity index (χ0v) is 13.9. The molecule has 0 radical (unpaired) electrons. The Hall–Kier alpha value is -1.44. The van der Waals surface area contributed by atoms with Crippen molar-refractivity contribution in [3.8, 4) is 0 Å². The normalized spacial score (nSPS) is 22.7. The van der Waals surface area contributed by atoms with Crippen LogP contribution < -0.4 is 0 Å². The summed E-state index contributed by atoms with van der Waals surface area (Å²) < 4.78 is 11.3. The van der Waals surface area contributed by atoms with Crippen molar-refractivity contribution >= 4 is 5.91 Å². The van der Waals surface area contributed by atoms with Gasteiger partial charge in [0.2, 0.25) is 5.91 Å². The van der Waals surface area contributed by atoms with Crippen molar-refractivity contribution in [1.82, 2.24) is 19.8 Å². The lowest BCUT2D eigenvalue weighted by Gasteiger charge is -2.42. The Morgan fingerprint density at radius 3 is 2.95 bits per heavy atom. The summed E-state index contributed by atoms with van der Waals surface area (Å²) in [5, 5.41) is 0. The van der Waals surface area contributed by atoms with Gasteiger partial charge in [-0.05, 0) is 6.92 Å². The molecule has 1 saturated heterocycles. The second-order valence-electron chi connectivity index (χ2n) is 6.11. The van der Waals surface area contributed by atoms with Crippen LogP contribution in [0.15, 0.2) is 6.33 Å². The summed E-state index contributed by atoms with van der Waals surface area (Å²) in [4.78, 5) is 23.4. The largest absolute Gasteiger partial charge is 0.382 e. The van der Waals surface area contributed by atoms with Gasteiger partial charge < -0.3 is 19.4 Å². The van der Waals surface area contributed by atoms with Gasteiger partial charge in [-0.25, -0.2) is 4.98 Å². The van der Waals surface area contributed by atoms with Crippen molar-refractivity contribution in [2.75, 3.05) is 47.5 Å². The van der Waals surface area contributed by atoms with Crippen LogP contribution >= 0.6 is 0 Å². The maximum atomic E-state index is 12.1. The molecule has 2 rings (SSSR count). The van der Waals surface area contributed by atoms with E-state index in [-0.39, 0.29) is 5.91 Å². The number of rotatable bonds is 6. The lowest BCUT2D eigenvalue weighted by molar-refractivity contribution is -0.160. The number of carbonyl (C=O) groups is 1. The lowest BCUT2D eigenvalue weighted by atomic mass is 9.97. The lowest BCUT2D eigenvalue weighted by Crippen LogP contribution is -2.55. The maximum absolute atomic E-state index is 12.1. The van der Waals surface area contributed by atoms with E-state index < -0.39 is 5.60 Å². The highest BCUT2D eigenvalue weighted by molar-refractivity contribution is 5.76. The Kier molecular flexibility index (Phi) is 5.55. The molecule has 22 heavy (non-hydrogen) atoms. The summed E-state index contributed by atoms with van der Waals surface area (Å²) in [5.74, 6) is 0.0508. The number of hydrogen-bond acceptors (Lipinski definition) is 5. The smallest absolute Gasteiger partial charge is 0.225 e. The summed E-state index contributed by atoms with van der Waals surface area (Å²) in [6.07, 6.45) is 2.03. The topological polar surface area (TPSA) is 70.7 Å².